The van der Waals surface area contributed by atoms with Crippen LogP contribution in [0, 0.1) is 5.82 Å². The summed E-state index contributed by atoms with van der Waals surface area (Å²) in [4.78, 5) is 23.7. The van der Waals surface area contributed by atoms with Crippen LogP contribution in [0.15, 0.2) is 66.0 Å². The van der Waals surface area contributed by atoms with E-state index in [-0.39, 0.29) is 23.0 Å². The molecule has 0 radical (unpaired) electrons. The lowest BCUT2D eigenvalue weighted by molar-refractivity contribution is 0.374. The summed E-state index contributed by atoms with van der Waals surface area (Å²) in [6, 6.07) is 12.2. The number of nitrogens with one attached hydrogen (secondary N) is 1. The van der Waals surface area contributed by atoms with E-state index >= 15 is 4.39 Å². The molecular weight excluding hydrogens is 449 g/mol. The van der Waals surface area contributed by atoms with Gasteiger partial charge in [0.1, 0.15) is 12.1 Å². The standard InChI is InChI=1S/C26H28FN5O3/c1-17(2)29-10-11-31(23-13-20(34-3)14-24(35-4)25(23)27)18-7-8-22-21(12-18)26(33)32(16-30-22)19-6-5-9-28-15-19/h5-9,12-17,29H,10-11H2,1-4H3. The average Bonchev–Trinajstić information content (AvgIpc) is 2.87. The highest BCUT2D eigenvalue weighted by molar-refractivity contribution is 5.83. The van der Waals surface area contributed by atoms with Gasteiger partial charge in [0, 0.05) is 43.1 Å². The summed E-state index contributed by atoms with van der Waals surface area (Å²) in [6.45, 7) is 5.11. The fourth-order valence-corrected chi connectivity index (χ4v) is 3.83. The largest absolute Gasteiger partial charge is 0.497 e. The molecule has 0 aliphatic carbocycles. The molecule has 182 valence electrons. The van der Waals surface area contributed by atoms with Gasteiger partial charge < -0.3 is 19.7 Å². The molecule has 2 aromatic heterocycles. The molecule has 0 saturated heterocycles. The molecule has 0 saturated carbocycles. The van der Waals surface area contributed by atoms with Gasteiger partial charge in [-0.3, -0.25) is 14.3 Å². The molecule has 0 spiro atoms. The lowest BCUT2D eigenvalue weighted by Gasteiger charge is -2.27. The van der Waals surface area contributed by atoms with E-state index in [2.05, 4.69) is 15.3 Å². The summed E-state index contributed by atoms with van der Waals surface area (Å²) in [5.74, 6) is 0.0147. The number of anilines is 2. The third kappa shape index (κ3) is 5.09. The molecule has 0 unspecified atom stereocenters. The van der Waals surface area contributed by atoms with Crippen LogP contribution in [0.2, 0.25) is 0 Å². The van der Waals surface area contributed by atoms with E-state index in [0.29, 0.717) is 41.1 Å². The fraction of sp³-hybridized carbons (Fsp3) is 0.269. The first kappa shape index (κ1) is 24.2. The highest BCUT2D eigenvalue weighted by Crippen LogP contribution is 2.37. The third-order valence-electron chi connectivity index (χ3n) is 5.61. The predicted octanol–water partition coefficient (Wildman–Crippen LogP) is 4.07. The van der Waals surface area contributed by atoms with Gasteiger partial charge in [-0.15, -0.1) is 0 Å². The van der Waals surface area contributed by atoms with E-state index in [1.54, 1.807) is 47.6 Å². The van der Waals surface area contributed by atoms with Gasteiger partial charge >= 0.3 is 0 Å². The highest BCUT2D eigenvalue weighted by Gasteiger charge is 2.20. The number of methoxy groups -OCH3 is 2. The maximum Gasteiger partial charge on any atom is 0.265 e. The molecule has 2 aromatic carbocycles. The van der Waals surface area contributed by atoms with Crippen molar-refractivity contribution in [3.05, 3.63) is 77.4 Å². The van der Waals surface area contributed by atoms with Crippen molar-refractivity contribution in [2.75, 3.05) is 32.2 Å². The Morgan fingerprint density at radius 1 is 1.14 bits per heavy atom. The molecule has 2 heterocycles. The molecule has 35 heavy (non-hydrogen) atoms. The van der Waals surface area contributed by atoms with Gasteiger partial charge in [-0.25, -0.2) is 9.37 Å². The molecule has 0 fully saturated rings. The molecule has 8 nitrogen and oxygen atoms in total. The van der Waals surface area contributed by atoms with Crippen LogP contribution in [0.4, 0.5) is 15.8 Å². The smallest absolute Gasteiger partial charge is 0.265 e. The van der Waals surface area contributed by atoms with E-state index in [4.69, 9.17) is 9.47 Å². The van der Waals surface area contributed by atoms with Crippen molar-refractivity contribution in [1.82, 2.24) is 19.9 Å². The number of aromatic nitrogens is 3. The van der Waals surface area contributed by atoms with Crippen LogP contribution in [0.1, 0.15) is 13.8 Å². The van der Waals surface area contributed by atoms with Gasteiger partial charge in [0.2, 0.25) is 0 Å². The van der Waals surface area contributed by atoms with Crippen LogP contribution in [-0.2, 0) is 0 Å². The number of fused-ring (bicyclic) bond motifs is 1. The van der Waals surface area contributed by atoms with Crippen molar-refractivity contribution in [2.45, 2.75) is 19.9 Å². The summed E-state index contributed by atoms with van der Waals surface area (Å²) in [5.41, 5.74) is 1.83. The Kier molecular flexibility index (Phi) is 7.26. The van der Waals surface area contributed by atoms with Crippen molar-refractivity contribution in [1.29, 1.82) is 0 Å². The van der Waals surface area contributed by atoms with Crippen LogP contribution in [0.3, 0.4) is 0 Å². The van der Waals surface area contributed by atoms with Crippen LogP contribution in [-0.4, -0.2) is 47.9 Å². The topological polar surface area (TPSA) is 81.5 Å². The minimum absolute atomic E-state index is 0.0718. The Hall–Kier alpha value is -3.98. The Morgan fingerprint density at radius 3 is 2.66 bits per heavy atom. The lowest BCUT2D eigenvalue weighted by Crippen LogP contribution is -2.33. The minimum Gasteiger partial charge on any atom is -0.497 e. The van der Waals surface area contributed by atoms with Gasteiger partial charge in [0.25, 0.3) is 5.56 Å². The quantitative estimate of drug-likeness (QED) is 0.389. The van der Waals surface area contributed by atoms with Crippen molar-refractivity contribution in [2.24, 2.45) is 0 Å². The first-order valence-electron chi connectivity index (χ1n) is 11.3. The predicted molar refractivity (Wildman–Crippen MR) is 135 cm³/mol. The SMILES string of the molecule is COc1cc(OC)c(F)c(N(CCNC(C)C)c2ccc3ncn(-c4cccnc4)c(=O)c3c2)c1. The number of rotatable bonds is 9. The van der Waals surface area contributed by atoms with Gasteiger partial charge in [-0.1, -0.05) is 13.8 Å². The Balaban J connectivity index is 1.86. The highest BCUT2D eigenvalue weighted by atomic mass is 19.1. The van der Waals surface area contributed by atoms with Crippen LogP contribution in [0.5, 0.6) is 11.5 Å². The zero-order valence-electron chi connectivity index (χ0n) is 20.2. The van der Waals surface area contributed by atoms with Crippen molar-refractivity contribution >= 4 is 22.3 Å². The molecule has 9 heteroatoms. The second-order valence-electron chi connectivity index (χ2n) is 8.26. The Morgan fingerprint density at radius 2 is 1.97 bits per heavy atom. The number of hydrogen-bond acceptors (Lipinski definition) is 7. The van der Waals surface area contributed by atoms with Gasteiger partial charge in [0.15, 0.2) is 11.6 Å². The lowest BCUT2D eigenvalue weighted by atomic mass is 10.1. The molecule has 0 atom stereocenters. The third-order valence-corrected chi connectivity index (χ3v) is 5.61. The van der Waals surface area contributed by atoms with Gasteiger partial charge in [-0.2, -0.15) is 0 Å². The number of benzene rings is 2. The Bertz CT molecular complexity index is 1380. The molecule has 1 N–H and O–H groups in total. The summed E-state index contributed by atoms with van der Waals surface area (Å²) in [6.07, 6.45) is 4.72. The van der Waals surface area contributed by atoms with E-state index in [1.807, 2.05) is 19.9 Å². The second kappa shape index (κ2) is 10.5. The normalized spacial score (nSPS) is 11.1. The van der Waals surface area contributed by atoms with Crippen molar-refractivity contribution in [3.63, 3.8) is 0 Å². The monoisotopic (exact) mass is 477 g/mol. The van der Waals surface area contributed by atoms with E-state index in [9.17, 15) is 4.79 Å². The summed E-state index contributed by atoms with van der Waals surface area (Å²) >= 11 is 0. The van der Waals surface area contributed by atoms with E-state index in [1.165, 1.54) is 31.2 Å². The summed E-state index contributed by atoms with van der Waals surface area (Å²) in [5, 5.41) is 3.77. The van der Waals surface area contributed by atoms with Crippen molar-refractivity contribution < 1.29 is 13.9 Å². The van der Waals surface area contributed by atoms with Crippen LogP contribution >= 0.6 is 0 Å². The molecular formula is C26H28FN5O3. The van der Waals surface area contributed by atoms with E-state index < -0.39 is 5.82 Å². The maximum atomic E-state index is 15.5. The number of halogens is 1. The van der Waals surface area contributed by atoms with E-state index in [0.717, 1.165) is 0 Å². The first-order valence-corrected chi connectivity index (χ1v) is 11.3. The number of nitrogens with zero attached hydrogens (tertiary/aromatic N) is 4. The van der Waals surface area contributed by atoms with Gasteiger partial charge in [-0.05, 0) is 30.3 Å². The molecule has 4 rings (SSSR count). The Labute approximate surface area is 203 Å². The summed E-state index contributed by atoms with van der Waals surface area (Å²) in [7, 11) is 2.93. The number of hydrogen-bond donors (Lipinski definition) is 1. The first-order chi connectivity index (χ1) is 16.9. The second-order valence-corrected chi connectivity index (χ2v) is 8.26. The summed E-state index contributed by atoms with van der Waals surface area (Å²) < 4.78 is 27.5. The van der Waals surface area contributed by atoms with Gasteiger partial charge in [0.05, 0.1) is 42.7 Å². The minimum atomic E-state index is -0.517. The number of pyridine rings is 1. The van der Waals surface area contributed by atoms with Crippen LogP contribution < -0.4 is 25.2 Å². The molecule has 0 aliphatic heterocycles. The average molecular weight is 478 g/mol. The molecule has 0 aliphatic rings. The zero-order chi connectivity index (χ0) is 24.9. The maximum absolute atomic E-state index is 15.5. The number of ether oxygens (including phenoxy) is 2. The molecule has 0 bridgehead atoms. The molecule has 0 amide bonds. The van der Waals surface area contributed by atoms with Crippen LogP contribution in [0.25, 0.3) is 16.6 Å². The van der Waals surface area contributed by atoms with Crippen molar-refractivity contribution in [3.8, 4) is 17.2 Å². The zero-order valence-corrected chi connectivity index (χ0v) is 20.2. The fourth-order valence-electron chi connectivity index (χ4n) is 3.83. The molecule has 4 aromatic rings.